The molecule has 0 heterocycles. The zero-order valence-corrected chi connectivity index (χ0v) is 26.0. The monoisotopic (exact) mass is 560 g/mol. The summed E-state index contributed by atoms with van der Waals surface area (Å²) in [6.07, 6.45) is 6.44. The van der Waals surface area contributed by atoms with Gasteiger partial charge in [0.15, 0.2) is 0 Å². The molecule has 1 N–H and O–H groups in total. The van der Waals surface area contributed by atoms with Gasteiger partial charge in [0.2, 0.25) is 0 Å². The Balaban J connectivity index is 1.85. The van der Waals surface area contributed by atoms with Gasteiger partial charge in [-0.15, -0.1) is 0 Å². The van der Waals surface area contributed by atoms with E-state index in [-0.39, 0.29) is 46.3 Å². The van der Waals surface area contributed by atoms with Gasteiger partial charge in [-0.1, -0.05) is 47.5 Å². The SMILES string of the molecule is CC[C@@]1(C)CCC[C@]2(C)[C@H]3C[C@H](OC(C)=O)[C@]4(C)[C@@H](C=O)[C@H](C(C)=O)[C@@H](OC(=O)CC(C)O)C[C@H]4[C@]3(C)CC[C@@H]12. The summed E-state index contributed by atoms with van der Waals surface area (Å²) in [5, 5.41) is 9.80. The maximum Gasteiger partial charge on any atom is 0.308 e. The van der Waals surface area contributed by atoms with Gasteiger partial charge in [0.25, 0.3) is 0 Å². The van der Waals surface area contributed by atoms with Crippen LogP contribution >= 0.6 is 0 Å². The zero-order chi connectivity index (χ0) is 29.8. The van der Waals surface area contributed by atoms with Crippen LogP contribution < -0.4 is 0 Å². The summed E-state index contributed by atoms with van der Waals surface area (Å²) in [6, 6.07) is 0. The molecule has 7 heteroatoms. The number of Topliss-reactive ketones (excluding diaryl/α,β-unsaturated/α-hetero) is 1. The number of hydrogen-bond acceptors (Lipinski definition) is 7. The number of aldehydes is 1. The Morgan fingerprint density at radius 1 is 0.950 bits per heavy atom. The standard InChI is InChI=1S/C33H52O7/c1-9-30(5)12-10-13-31(6)24(30)11-14-32(7)25(31)17-27(39-21(4)37)33(8)22(18-34)29(20(3)36)23(16-26(32)33)40-28(38)15-19(2)35/h18-19,22-27,29,35H,9-17H2,1-8H3/t19?,22-,23-,24-,25+,26-,27-,29-,30-,31-,32+,33+/m0/s1. The molecule has 0 aromatic rings. The van der Waals surface area contributed by atoms with E-state index >= 15 is 0 Å². The van der Waals surface area contributed by atoms with E-state index < -0.39 is 41.5 Å². The molecule has 7 nitrogen and oxygen atoms in total. The lowest BCUT2D eigenvalue weighted by Gasteiger charge is -2.71. The Hall–Kier alpha value is -1.76. The number of rotatable bonds is 7. The number of hydrogen-bond donors (Lipinski definition) is 1. The third-order valence-corrected chi connectivity index (χ3v) is 12.8. The van der Waals surface area contributed by atoms with E-state index in [4.69, 9.17) is 9.47 Å². The molecule has 4 fully saturated rings. The van der Waals surface area contributed by atoms with Gasteiger partial charge in [0, 0.05) is 18.3 Å². The molecule has 0 radical (unpaired) electrons. The van der Waals surface area contributed by atoms with Crippen molar-refractivity contribution in [2.75, 3.05) is 0 Å². The Kier molecular flexibility index (Phi) is 8.43. The molecule has 0 bridgehead atoms. The molecule has 0 amide bonds. The van der Waals surface area contributed by atoms with Crippen molar-refractivity contribution < 1.29 is 33.8 Å². The second-order valence-corrected chi connectivity index (χ2v) is 14.9. The zero-order valence-electron chi connectivity index (χ0n) is 26.0. The van der Waals surface area contributed by atoms with E-state index in [0.29, 0.717) is 18.8 Å². The smallest absolute Gasteiger partial charge is 0.308 e. The third-order valence-electron chi connectivity index (χ3n) is 12.8. The summed E-state index contributed by atoms with van der Waals surface area (Å²) in [7, 11) is 0. The summed E-state index contributed by atoms with van der Waals surface area (Å²) in [5.41, 5.74) is -0.625. The van der Waals surface area contributed by atoms with Gasteiger partial charge in [0.1, 0.15) is 24.3 Å². The lowest BCUT2D eigenvalue weighted by Crippen LogP contribution is -2.70. The van der Waals surface area contributed by atoms with E-state index in [1.54, 1.807) is 0 Å². The Labute approximate surface area is 240 Å². The van der Waals surface area contributed by atoms with Gasteiger partial charge in [-0.05, 0) is 86.4 Å². The predicted octanol–water partition coefficient (Wildman–Crippen LogP) is 5.69. The molecule has 4 rings (SSSR count). The highest BCUT2D eigenvalue weighted by Gasteiger charge is 2.71. The molecular weight excluding hydrogens is 508 g/mol. The number of carbonyl (C=O) groups is 4. The minimum Gasteiger partial charge on any atom is -0.462 e. The van der Waals surface area contributed by atoms with Crippen molar-refractivity contribution in [3.8, 4) is 0 Å². The van der Waals surface area contributed by atoms with E-state index in [0.717, 1.165) is 32.0 Å². The highest BCUT2D eigenvalue weighted by atomic mass is 16.5. The van der Waals surface area contributed by atoms with Gasteiger partial charge in [-0.25, -0.2) is 0 Å². The molecule has 4 saturated carbocycles. The number of fused-ring (bicyclic) bond motifs is 5. The van der Waals surface area contributed by atoms with Crippen LogP contribution in [0.15, 0.2) is 0 Å². The van der Waals surface area contributed by atoms with Crippen molar-refractivity contribution in [1.29, 1.82) is 0 Å². The molecule has 0 aromatic carbocycles. The fourth-order valence-corrected chi connectivity index (χ4v) is 10.9. The lowest BCUT2D eigenvalue weighted by atomic mass is 9.33. The molecule has 1 unspecified atom stereocenters. The van der Waals surface area contributed by atoms with E-state index in [1.807, 2.05) is 6.92 Å². The Bertz CT molecular complexity index is 1020. The molecule has 0 spiro atoms. The van der Waals surface area contributed by atoms with Crippen LogP contribution in [0.2, 0.25) is 0 Å². The normalized spacial score (nSPS) is 47.1. The molecule has 4 aliphatic carbocycles. The maximum atomic E-state index is 13.1. The average molecular weight is 561 g/mol. The number of ketones is 1. The quantitative estimate of drug-likeness (QED) is 0.315. The number of ether oxygens (including phenoxy) is 2. The largest absolute Gasteiger partial charge is 0.462 e. The maximum absolute atomic E-state index is 13.1. The predicted molar refractivity (Wildman–Crippen MR) is 151 cm³/mol. The number of aliphatic hydroxyl groups is 1. The first-order chi connectivity index (χ1) is 18.6. The molecular formula is C33H52O7. The molecule has 12 atom stereocenters. The van der Waals surface area contributed by atoms with Crippen molar-refractivity contribution in [1.82, 2.24) is 0 Å². The van der Waals surface area contributed by atoms with Crippen LogP contribution in [-0.2, 0) is 28.7 Å². The Morgan fingerprint density at radius 3 is 2.15 bits per heavy atom. The summed E-state index contributed by atoms with van der Waals surface area (Å²) in [5.74, 6) is -1.98. The van der Waals surface area contributed by atoms with Crippen LogP contribution in [0, 0.1) is 51.2 Å². The third kappa shape index (κ3) is 4.76. The molecule has 0 aliphatic heterocycles. The second kappa shape index (κ2) is 10.8. The first kappa shape index (κ1) is 31.2. The molecule has 0 saturated heterocycles. The summed E-state index contributed by atoms with van der Waals surface area (Å²) in [4.78, 5) is 51.4. The van der Waals surface area contributed by atoms with Crippen LogP contribution in [0.5, 0.6) is 0 Å². The van der Waals surface area contributed by atoms with Crippen LogP contribution in [0.4, 0.5) is 0 Å². The van der Waals surface area contributed by atoms with Crippen LogP contribution in [0.3, 0.4) is 0 Å². The minimum atomic E-state index is -0.863. The number of aliphatic hydroxyl groups excluding tert-OH is 1. The summed E-state index contributed by atoms with van der Waals surface area (Å²) >= 11 is 0. The molecule has 4 aliphatic rings. The van der Waals surface area contributed by atoms with Gasteiger partial charge < -0.3 is 19.4 Å². The van der Waals surface area contributed by atoms with Crippen LogP contribution in [0.1, 0.15) is 113 Å². The van der Waals surface area contributed by atoms with Crippen molar-refractivity contribution >= 4 is 24.0 Å². The molecule has 40 heavy (non-hydrogen) atoms. The van der Waals surface area contributed by atoms with Gasteiger partial charge in [-0.2, -0.15) is 0 Å². The van der Waals surface area contributed by atoms with Gasteiger partial charge >= 0.3 is 11.9 Å². The fourth-order valence-electron chi connectivity index (χ4n) is 10.9. The first-order valence-electron chi connectivity index (χ1n) is 15.6. The van der Waals surface area contributed by atoms with E-state index in [2.05, 4.69) is 27.7 Å². The van der Waals surface area contributed by atoms with Crippen molar-refractivity contribution in [2.24, 2.45) is 51.2 Å². The molecule has 0 aromatic heterocycles. The second-order valence-electron chi connectivity index (χ2n) is 14.9. The summed E-state index contributed by atoms with van der Waals surface area (Å²) < 4.78 is 12.1. The topological polar surface area (TPSA) is 107 Å². The first-order valence-corrected chi connectivity index (χ1v) is 15.6. The van der Waals surface area contributed by atoms with Gasteiger partial charge in [-0.3, -0.25) is 14.4 Å². The summed E-state index contributed by atoms with van der Waals surface area (Å²) in [6.45, 7) is 16.0. The van der Waals surface area contributed by atoms with E-state index in [1.165, 1.54) is 33.6 Å². The average Bonchev–Trinajstić information content (AvgIpc) is 2.84. The van der Waals surface area contributed by atoms with Gasteiger partial charge in [0.05, 0.1) is 18.4 Å². The minimum absolute atomic E-state index is 0.0579. The number of esters is 2. The fraction of sp³-hybridized carbons (Fsp3) is 0.879. The number of carbonyl (C=O) groups excluding carboxylic acids is 4. The van der Waals surface area contributed by atoms with Crippen molar-refractivity contribution in [3.05, 3.63) is 0 Å². The van der Waals surface area contributed by atoms with Crippen molar-refractivity contribution in [2.45, 2.75) is 131 Å². The lowest BCUT2D eigenvalue weighted by molar-refractivity contribution is -0.264. The van der Waals surface area contributed by atoms with E-state index in [9.17, 15) is 24.3 Å². The highest BCUT2D eigenvalue weighted by molar-refractivity contribution is 5.83. The highest BCUT2D eigenvalue weighted by Crippen LogP contribution is 2.74. The van der Waals surface area contributed by atoms with Crippen molar-refractivity contribution in [3.63, 3.8) is 0 Å². The Morgan fingerprint density at radius 2 is 1.60 bits per heavy atom. The van der Waals surface area contributed by atoms with Crippen LogP contribution in [0.25, 0.3) is 0 Å². The molecule has 226 valence electrons. The van der Waals surface area contributed by atoms with Crippen LogP contribution in [-0.4, -0.2) is 47.4 Å².